The van der Waals surface area contributed by atoms with Crippen LogP contribution in [0.25, 0.3) is 0 Å². The highest BCUT2D eigenvalue weighted by molar-refractivity contribution is 7.89. The van der Waals surface area contributed by atoms with Crippen molar-refractivity contribution in [3.05, 3.63) is 17.8 Å². The lowest BCUT2D eigenvalue weighted by molar-refractivity contribution is 0.477. The molecule has 9 nitrogen and oxygen atoms in total. The van der Waals surface area contributed by atoms with Gasteiger partial charge in [0.05, 0.1) is 0 Å². The Bertz CT molecular complexity index is 764. The molecule has 0 aromatic carbocycles. The summed E-state index contributed by atoms with van der Waals surface area (Å²) in [6.07, 6.45) is 6.67. The van der Waals surface area contributed by atoms with Gasteiger partial charge in [0.25, 0.3) is 10.0 Å². The summed E-state index contributed by atoms with van der Waals surface area (Å²) in [5, 5.41) is 11.6. The molecule has 4 rings (SSSR count). The van der Waals surface area contributed by atoms with Gasteiger partial charge in [-0.05, 0) is 36.1 Å². The van der Waals surface area contributed by atoms with Crippen molar-refractivity contribution in [2.45, 2.75) is 62.7 Å². The predicted molar refractivity (Wildman–Crippen MR) is 80.0 cm³/mol. The average Bonchev–Trinajstić information content (AvgIpc) is 3.13. The fraction of sp³-hybridized carbons (Fsp3) is 0.692. The number of tetrazole rings is 1. The van der Waals surface area contributed by atoms with E-state index in [0.29, 0.717) is 25.8 Å². The topological polar surface area (TPSA) is 108 Å². The second kappa shape index (κ2) is 5.68. The molecule has 2 aliphatic heterocycles. The standard InChI is InChI=1S/C13H19N7O2S/c21-23(22,13-9-19-7-2-1-3-11(19)14-13)16-10-4-5-12-15-17-18-20(12)8-6-10/h9-10,16H,1-8H2. The van der Waals surface area contributed by atoms with E-state index in [1.807, 2.05) is 4.57 Å². The van der Waals surface area contributed by atoms with Crippen LogP contribution in [0.4, 0.5) is 0 Å². The number of nitrogens with one attached hydrogen (secondary N) is 1. The number of hydrogen-bond donors (Lipinski definition) is 1. The molecule has 10 heteroatoms. The summed E-state index contributed by atoms with van der Waals surface area (Å²) in [7, 11) is -3.59. The summed E-state index contributed by atoms with van der Waals surface area (Å²) in [5.41, 5.74) is 0. The molecule has 0 amide bonds. The van der Waals surface area contributed by atoms with Crippen LogP contribution in [0.2, 0.25) is 0 Å². The fourth-order valence-corrected chi connectivity index (χ4v) is 4.50. The molecule has 2 aromatic rings. The molecule has 0 bridgehead atoms. The van der Waals surface area contributed by atoms with Gasteiger partial charge in [0.1, 0.15) is 5.82 Å². The Balaban J connectivity index is 1.49. The lowest BCUT2D eigenvalue weighted by Gasteiger charge is -2.14. The lowest BCUT2D eigenvalue weighted by atomic mass is 10.1. The van der Waals surface area contributed by atoms with Crippen molar-refractivity contribution in [1.82, 2.24) is 34.5 Å². The van der Waals surface area contributed by atoms with E-state index in [2.05, 4.69) is 25.2 Å². The Morgan fingerprint density at radius 1 is 1.13 bits per heavy atom. The summed E-state index contributed by atoms with van der Waals surface area (Å²) in [5.74, 6) is 1.68. The first-order chi connectivity index (χ1) is 11.1. The number of sulfonamides is 1. The van der Waals surface area contributed by atoms with Crippen LogP contribution in [0.3, 0.4) is 0 Å². The molecule has 0 fully saturated rings. The van der Waals surface area contributed by atoms with Crippen molar-refractivity contribution in [2.75, 3.05) is 0 Å². The smallest absolute Gasteiger partial charge is 0.259 e. The van der Waals surface area contributed by atoms with Crippen LogP contribution in [0.1, 0.15) is 37.3 Å². The first kappa shape index (κ1) is 14.8. The summed E-state index contributed by atoms with van der Waals surface area (Å²) in [6.45, 7) is 1.47. The molecule has 0 spiro atoms. The third-order valence-electron chi connectivity index (χ3n) is 4.50. The van der Waals surface area contributed by atoms with E-state index < -0.39 is 10.0 Å². The minimum absolute atomic E-state index is 0.135. The highest BCUT2D eigenvalue weighted by Crippen LogP contribution is 2.19. The Kier molecular flexibility index (Phi) is 3.64. The lowest BCUT2D eigenvalue weighted by Crippen LogP contribution is -2.35. The Labute approximate surface area is 134 Å². The molecular weight excluding hydrogens is 318 g/mol. The molecule has 4 heterocycles. The van der Waals surface area contributed by atoms with Crippen LogP contribution in [0.5, 0.6) is 0 Å². The molecule has 2 aliphatic rings. The minimum Gasteiger partial charge on any atom is -0.333 e. The number of aryl methyl sites for hydroxylation is 4. The van der Waals surface area contributed by atoms with Crippen molar-refractivity contribution in [3.8, 4) is 0 Å². The van der Waals surface area contributed by atoms with Gasteiger partial charge in [0, 0.05) is 38.2 Å². The van der Waals surface area contributed by atoms with Crippen molar-refractivity contribution in [3.63, 3.8) is 0 Å². The zero-order chi connectivity index (χ0) is 15.9. The largest absolute Gasteiger partial charge is 0.333 e. The third-order valence-corrected chi connectivity index (χ3v) is 5.89. The molecule has 2 aromatic heterocycles. The van der Waals surface area contributed by atoms with Crippen LogP contribution in [0.15, 0.2) is 11.2 Å². The van der Waals surface area contributed by atoms with Gasteiger partial charge in [0.15, 0.2) is 10.9 Å². The van der Waals surface area contributed by atoms with Crippen LogP contribution in [0, 0.1) is 0 Å². The number of aromatic nitrogens is 6. The highest BCUT2D eigenvalue weighted by atomic mass is 32.2. The van der Waals surface area contributed by atoms with E-state index >= 15 is 0 Å². The van der Waals surface area contributed by atoms with Crippen LogP contribution < -0.4 is 4.72 Å². The molecule has 0 aliphatic carbocycles. The quantitative estimate of drug-likeness (QED) is 0.837. The number of hydrogen-bond acceptors (Lipinski definition) is 6. The molecule has 23 heavy (non-hydrogen) atoms. The van der Waals surface area contributed by atoms with E-state index in [4.69, 9.17) is 0 Å². The average molecular weight is 337 g/mol. The molecule has 1 N–H and O–H groups in total. The van der Waals surface area contributed by atoms with Gasteiger partial charge in [-0.25, -0.2) is 22.8 Å². The Hall–Kier alpha value is -1.81. The van der Waals surface area contributed by atoms with Gasteiger partial charge < -0.3 is 4.57 Å². The SMILES string of the molecule is O=S(=O)(NC1CCc2nnnn2CC1)c1cn2c(n1)CCCC2. The highest BCUT2D eigenvalue weighted by Gasteiger charge is 2.26. The molecule has 1 atom stereocenters. The van der Waals surface area contributed by atoms with Gasteiger partial charge in [-0.3, -0.25) is 0 Å². The van der Waals surface area contributed by atoms with E-state index in [1.54, 1.807) is 10.9 Å². The Morgan fingerprint density at radius 2 is 2.04 bits per heavy atom. The van der Waals surface area contributed by atoms with Crippen LogP contribution in [-0.2, 0) is 36.0 Å². The Morgan fingerprint density at radius 3 is 2.91 bits per heavy atom. The monoisotopic (exact) mass is 337 g/mol. The minimum atomic E-state index is -3.59. The second-order valence-electron chi connectivity index (χ2n) is 6.11. The molecular formula is C13H19N7O2S. The first-order valence-corrected chi connectivity index (χ1v) is 9.43. The summed E-state index contributed by atoms with van der Waals surface area (Å²) in [6, 6.07) is -0.137. The van der Waals surface area contributed by atoms with Gasteiger partial charge >= 0.3 is 0 Å². The van der Waals surface area contributed by atoms with Crippen molar-refractivity contribution in [1.29, 1.82) is 0 Å². The predicted octanol–water partition coefficient (Wildman–Crippen LogP) is -0.111. The van der Waals surface area contributed by atoms with Crippen molar-refractivity contribution >= 4 is 10.0 Å². The molecule has 0 saturated heterocycles. The van der Waals surface area contributed by atoms with Crippen LogP contribution in [-0.4, -0.2) is 44.2 Å². The van der Waals surface area contributed by atoms with E-state index in [1.165, 1.54) is 0 Å². The van der Waals surface area contributed by atoms with Crippen molar-refractivity contribution < 1.29 is 8.42 Å². The normalized spacial score (nSPS) is 21.5. The maximum atomic E-state index is 12.6. The number of nitrogens with zero attached hydrogens (tertiary/aromatic N) is 6. The van der Waals surface area contributed by atoms with Crippen LogP contribution >= 0.6 is 0 Å². The zero-order valence-electron chi connectivity index (χ0n) is 12.7. The first-order valence-electron chi connectivity index (χ1n) is 7.95. The molecule has 0 radical (unpaired) electrons. The van der Waals surface area contributed by atoms with Gasteiger partial charge in [-0.2, -0.15) is 0 Å². The molecule has 124 valence electrons. The second-order valence-corrected chi connectivity index (χ2v) is 7.77. The van der Waals surface area contributed by atoms with Gasteiger partial charge in [-0.1, -0.05) is 0 Å². The zero-order valence-corrected chi connectivity index (χ0v) is 13.5. The molecule has 0 saturated carbocycles. The van der Waals surface area contributed by atoms with E-state index in [0.717, 1.165) is 37.5 Å². The fourth-order valence-electron chi connectivity index (χ4n) is 3.22. The number of rotatable bonds is 3. The summed E-state index contributed by atoms with van der Waals surface area (Å²) in [4.78, 5) is 4.31. The van der Waals surface area contributed by atoms with E-state index in [-0.39, 0.29) is 11.1 Å². The third kappa shape index (κ3) is 2.88. The summed E-state index contributed by atoms with van der Waals surface area (Å²) < 4.78 is 31.7. The van der Waals surface area contributed by atoms with Gasteiger partial charge in [0.2, 0.25) is 0 Å². The van der Waals surface area contributed by atoms with Gasteiger partial charge in [-0.15, -0.1) is 5.10 Å². The number of imidazole rings is 1. The van der Waals surface area contributed by atoms with Crippen molar-refractivity contribution in [2.24, 2.45) is 0 Å². The molecule has 1 unspecified atom stereocenters. The number of fused-ring (bicyclic) bond motifs is 2. The maximum Gasteiger partial charge on any atom is 0.259 e. The summed E-state index contributed by atoms with van der Waals surface area (Å²) >= 11 is 0. The maximum absolute atomic E-state index is 12.6. The van der Waals surface area contributed by atoms with E-state index in [9.17, 15) is 8.42 Å².